The lowest BCUT2D eigenvalue weighted by atomic mass is 9.97. The summed E-state index contributed by atoms with van der Waals surface area (Å²) in [4.78, 5) is 16.1. The number of hydrogen-bond acceptors (Lipinski definition) is 3. The largest absolute Gasteiger partial charge is 0.338 e. The Morgan fingerprint density at radius 3 is 2.81 bits per heavy atom. The van der Waals surface area contributed by atoms with Crippen molar-refractivity contribution in [3.05, 3.63) is 0 Å². The van der Waals surface area contributed by atoms with E-state index >= 15 is 0 Å². The molecular weight excluding hydrogens is 202 g/mol. The van der Waals surface area contributed by atoms with Gasteiger partial charge in [0.2, 0.25) is 5.91 Å². The molecule has 0 saturated carbocycles. The predicted molar refractivity (Wildman–Crippen MR) is 60.5 cm³/mol. The Labute approximate surface area is 96.8 Å². The zero-order chi connectivity index (χ0) is 11.7. The van der Waals surface area contributed by atoms with E-state index in [0.717, 1.165) is 19.4 Å². The summed E-state index contributed by atoms with van der Waals surface area (Å²) in [6.07, 6.45) is 2.52. The number of nitrogens with zero attached hydrogens (tertiary/aromatic N) is 3. The maximum absolute atomic E-state index is 11.8. The summed E-state index contributed by atoms with van der Waals surface area (Å²) in [6, 6.07) is 3.10. The van der Waals surface area contributed by atoms with Crippen molar-refractivity contribution in [3.63, 3.8) is 0 Å². The molecule has 0 aromatic carbocycles. The molecule has 4 heteroatoms. The molecule has 2 aliphatic rings. The van der Waals surface area contributed by atoms with Crippen molar-refractivity contribution >= 4 is 5.91 Å². The van der Waals surface area contributed by atoms with Crippen LogP contribution in [0.1, 0.15) is 26.2 Å². The third kappa shape index (κ3) is 2.05. The quantitative estimate of drug-likeness (QED) is 0.659. The molecule has 0 aromatic rings. The molecule has 2 heterocycles. The second-order valence-corrected chi connectivity index (χ2v) is 5.08. The van der Waals surface area contributed by atoms with Gasteiger partial charge in [-0.05, 0) is 26.8 Å². The van der Waals surface area contributed by atoms with Gasteiger partial charge in [-0.25, -0.2) is 0 Å². The van der Waals surface area contributed by atoms with Crippen LogP contribution in [0.4, 0.5) is 0 Å². The van der Waals surface area contributed by atoms with Crippen LogP contribution in [0.3, 0.4) is 0 Å². The van der Waals surface area contributed by atoms with Crippen molar-refractivity contribution in [2.24, 2.45) is 5.92 Å². The minimum atomic E-state index is -0.0811. The number of piperidine rings is 1. The van der Waals surface area contributed by atoms with E-state index in [-0.39, 0.29) is 11.8 Å². The molecule has 0 bridgehead atoms. The van der Waals surface area contributed by atoms with E-state index in [4.69, 9.17) is 5.26 Å². The molecule has 0 radical (unpaired) electrons. The van der Waals surface area contributed by atoms with Crippen LogP contribution in [0, 0.1) is 17.2 Å². The second-order valence-electron chi connectivity index (χ2n) is 5.08. The average molecular weight is 221 g/mol. The van der Waals surface area contributed by atoms with Crippen LogP contribution in [-0.2, 0) is 4.79 Å². The fourth-order valence-corrected chi connectivity index (χ4v) is 2.72. The van der Waals surface area contributed by atoms with E-state index in [1.807, 2.05) is 4.90 Å². The number of carbonyl (C=O) groups excluding carboxylic acids is 1. The number of hydrogen-bond donors (Lipinski definition) is 0. The average Bonchev–Trinajstić information content (AvgIpc) is 2.64. The Hall–Kier alpha value is -1.08. The van der Waals surface area contributed by atoms with Gasteiger partial charge >= 0.3 is 0 Å². The lowest BCUT2D eigenvalue weighted by Gasteiger charge is -2.39. The maximum atomic E-state index is 11.8. The first kappa shape index (κ1) is 11.4. The zero-order valence-electron chi connectivity index (χ0n) is 10.0. The summed E-state index contributed by atoms with van der Waals surface area (Å²) < 4.78 is 0. The number of rotatable bonds is 1. The van der Waals surface area contributed by atoms with Crippen molar-refractivity contribution in [3.8, 4) is 6.07 Å². The number of amides is 1. The fourth-order valence-electron chi connectivity index (χ4n) is 2.72. The minimum Gasteiger partial charge on any atom is -0.338 e. The van der Waals surface area contributed by atoms with Gasteiger partial charge in [-0.15, -0.1) is 0 Å². The fraction of sp³-hybridized carbons (Fsp3) is 0.833. The first-order valence-corrected chi connectivity index (χ1v) is 6.01. The van der Waals surface area contributed by atoms with Crippen molar-refractivity contribution < 1.29 is 4.79 Å². The number of carbonyl (C=O) groups is 1. The SMILES string of the molecule is CC1CC(N2CC(C#N)CC2=O)CCN1C. The lowest BCUT2D eigenvalue weighted by molar-refractivity contribution is -0.130. The molecule has 4 nitrogen and oxygen atoms in total. The highest BCUT2D eigenvalue weighted by atomic mass is 16.2. The maximum Gasteiger partial charge on any atom is 0.224 e. The van der Waals surface area contributed by atoms with Gasteiger partial charge in [0.25, 0.3) is 0 Å². The first-order chi connectivity index (χ1) is 7.61. The van der Waals surface area contributed by atoms with Gasteiger partial charge < -0.3 is 9.80 Å². The van der Waals surface area contributed by atoms with Gasteiger partial charge in [0.05, 0.1) is 12.0 Å². The van der Waals surface area contributed by atoms with E-state index in [9.17, 15) is 4.79 Å². The van der Waals surface area contributed by atoms with E-state index < -0.39 is 0 Å². The van der Waals surface area contributed by atoms with Gasteiger partial charge in [0, 0.05) is 31.6 Å². The van der Waals surface area contributed by atoms with Gasteiger partial charge in [0.15, 0.2) is 0 Å². The molecule has 2 aliphatic heterocycles. The van der Waals surface area contributed by atoms with Crippen LogP contribution in [0.15, 0.2) is 0 Å². The summed E-state index contributed by atoms with van der Waals surface area (Å²) in [6.45, 7) is 3.90. The summed E-state index contributed by atoms with van der Waals surface area (Å²) in [5, 5.41) is 8.86. The Morgan fingerprint density at radius 2 is 2.25 bits per heavy atom. The molecule has 0 aliphatic carbocycles. The van der Waals surface area contributed by atoms with Crippen LogP contribution in [0.25, 0.3) is 0 Å². The monoisotopic (exact) mass is 221 g/mol. The third-order valence-corrected chi connectivity index (χ3v) is 3.96. The summed E-state index contributed by atoms with van der Waals surface area (Å²) in [7, 11) is 2.13. The Morgan fingerprint density at radius 1 is 1.50 bits per heavy atom. The van der Waals surface area contributed by atoms with Crippen molar-refractivity contribution in [1.82, 2.24) is 9.80 Å². The highest BCUT2D eigenvalue weighted by Gasteiger charge is 2.36. The zero-order valence-corrected chi connectivity index (χ0v) is 10.0. The topological polar surface area (TPSA) is 47.3 Å². The normalized spacial score (nSPS) is 36.4. The van der Waals surface area contributed by atoms with Crippen LogP contribution in [-0.4, -0.2) is 47.9 Å². The molecule has 0 spiro atoms. The van der Waals surface area contributed by atoms with Crippen LogP contribution >= 0.6 is 0 Å². The molecule has 2 fully saturated rings. The molecule has 16 heavy (non-hydrogen) atoms. The van der Waals surface area contributed by atoms with Crippen LogP contribution in [0.5, 0.6) is 0 Å². The second kappa shape index (κ2) is 4.42. The molecule has 2 rings (SSSR count). The van der Waals surface area contributed by atoms with Gasteiger partial charge in [-0.1, -0.05) is 0 Å². The molecule has 3 unspecified atom stereocenters. The molecule has 88 valence electrons. The van der Waals surface area contributed by atoms with Gasteiger partial charge in [0.1, 0.15) is 0 Å². The molecule has 3 atom stereocenters. The molecular formula is C12H19N3O. The first-order valence-electron chi connectivity index (χ1n) is 6.01. The van der Waals surface area contributed by atoms with Crippen molar-refractivity contribution in [1.29, 1.82) is 5.26 Å². The minimum absolute atomic E-state index is 0.0811. The predicted octanol–water partition coefficient (Wildman–Crippen LogP) is 0.841. The third-order valence-electron chi connectivity index (χ3n) is 3.96. The molecule has 0 aromatic heterocycles. The summed E-state index contributed by atoms with van der Waals surface area (Å²) in [5.41, 5.74) is 0. The summed E-state index contributed by atoms with van der Waals surface area (Å²) in [5.74, 6) is 0.0933. The van der Waals surface area contributed by atoms with Crippen molar-refractivity contribution in [2.75, 3.05) is 20.1 Å². The van der Waals surface area contributed by atoms with E-state index in [0.29, 0.717) is 25.0 Å². The van der Waals surface area contributed by atoms with Crippen LogP contribution in [0.2, 0.25) is 0 Å². The van der Waals surface area contributed by atoms with E-state index in [1.54, 1.807) is 0 Å². The lowest BCUT2D eigenvalue weighted by Crippen LogP contribution is -2.48. The number of nitriles is 1. The highest BCUT2D eigenvalue weighted by Crippen LogP contribution is 2.26. The Balaban J connectivity index is 1.99. The Bertz CT molecular complexity index is 323. The molecule has 1 amide bonds. The number of likely N-dealkylation sites (tertiary alicyclic amines) is 2. The van der Waals surface area contributed by atoms with E-state index in [2.05, 4.69) is 24.9 Å². The standard InChI is InChI=1S/C12H19N3O/c1-9-5-11(3-4-14(9)2)15-8-10(7-13)6-12(15)16/h9-11H,3-6,8H2,1-2H3. The van der Waals surface area contributed by atoms with Gasteiger partial charge in [-0.2, -0.15) is 5.26 Å². The smallest absolute Gasteiger partial charge is 0.224 e. The van der Waals surface area contributed by atoms with E-state index in [1.165, 1.54) is 0 Å². The molecule has 0 N–H and O–H groups in total. The summed E-state index contributed by atoms with van der Waals surface area (Å²) >= 11 is 0. The van der Waals surface area contributed by atoms with Gasteiger partial charge in [-0.3, -0.25) is 4.79 Å². The highest BCUT2D eigenvalue weighted by molar-refractivity contribution is 5.79. The Kier molecular flexibility index (Phi) is 3.15. The molecule has 2 saturated heterocycles. The van der Waals surface area contributed by atoms with Crippen LogP contribution < -0.4 is 0 Å². The van der Waals surface area contributed by atoms with Crippen molar-refractivity contribution in [2.45, 2.75) is 38.3 Å².